The van der Waals surface area contributed by atoms with Crippen molar-refractivity contribution < 1.29 is 17.6 Å². The minimum atomic E-state index is -2.90. The molecule has 122 valence electrons. The van der Waals surface area contributed by atoms with Crippen LogP contribution in [0.3, 0.4) is 0 Å². The van der Waals surface area contributed by atoms with E-state index < -0.39 is 9.84 Å². The van der Waals surface area contributed by atoms with Crippen LogP contribution in [0, 0.1) is 5.92 Å². The zero-order valence-electron chi connectivity index (χ0n) is 12.3. The molecule has 0 saturated carbocycles. The lowest BCUT2D eigenvalue weighted by Crippen LogP contribution is -2.07. The monoisotopic (exact) mass is 352 g/mol. The lowest BCUT2D eigenvalue weighted by Gasteiger charge is -2.01. The van der Waals surface area contributed by atoms with Crippen molar-refractivity contribution in [2.24, 2.45) is 5.92 Å². The van der Waals surface area contributed by atoms with E-state index in [2.05, 4.69) is 10.2 Å². The lowest BCUT2D eigenvalue weighted by atomic mass is 10.1. The molecule has 2 aromatic rings. The molecule has 0 bridgehead atoms. The van der Waals surface area contributed by atoms with Gasteiger partial charge in [-0.15, -0.1) is 10.2 Å². The summed E-state index contributed by atoms with van der Waals surface area (Å²) in [7, 11) is -2.90. The molecule has 1 aliphatic heterocycles. The molecule has 2 heterocycles. The van der Waals surface area contributed by atoms with Gasteiger partial charge < -0.3 is 4.42 Å². The highest BCUT2D eigenvalue weighted by atomic mass is 32.2. The van der Waals surface area contributed by atoms with Gasteiger partial charge in [-0.05, 0) is 12.3 Å². The Morgan fingerprint density at radius 2 is 2.04 bits per heavy atom. The van der Waals surface area contributed by atoms with Gasteiger partial charge in [-0.25, -0.2) is 8.42 Å². The Balaban J connectivity index is 1.53. The van der Waals surface area contributed by atoms with Gasteiger partial charge in [-0.1, -0.05) is 42.1 Å². The van der Waals surface area contributed by atoms with Crippen LogP contribution >= 0.6 is 11.8 Å². The van der Waals surface area contributed by atoms with E-state index in [1.54, 1.807) is 12.1 Å². The third-order valence-electron chi connectivity index (χ3n) is 3.66. The van der Waals surface area contributed by atoms with E-state index in [9.17, 15) is 13.2 Å². The molecule has 6 nitrogen and oxygen atoms in total. The largest absolute Gasteiger partial charge is 0.416 e. The van der Waals surface area contributed by atoms with E-state index in [0.29, 0.717) is 29.5 Å². The van der Waals surface area contributed by atoms with Crippen LogP contribution in [0.15, 0.2) is 40.0 Å². The van der Waals surface area contributed by atoms with Crippen molar-refractivity contribution in [3.05, 3.63) is 41.8 Å². The zero-order chi connectivity index (χ0) is 16.3. The summed E-state index contributed by atoms with van der Waals surface area (Å²) in [5.74, 6) is 1.12. The van der Waals surface area contributed by atoms with E-state index >= 15 is 0 Å². The number of rotatable bonds is 6. The maximum Gasteiger partial charge on any atom is 0.277 e. The summed E-state index contributed by atoms with van der Waals surface area (Å²) in [6.07, 6.45) is 1.11. The first kappa shape index (κ1) is 16.2. The summed E-state index contributed by atoms with van der Waals surface area (Å²) in [4.78, 5) is 12.0. The van der Waals surface area contributed by atoms with Gasteiger partial charge in [0.25, 0.3) is 5.22 Å². The van der Waals surface area contributed by atoms with Crippen molar-refractivity contribution in [2.75, 3.05) is 17.3 Å². The molecule has 23 heavy (non-hydrogen) atoms. The summed E-state index contributed by atoms with van der Waals surface area (Å²) in [5, 5.41) is 8.18. The molecular weight excluding hydrogens is 336 g/mol. The number of ketones is 1. The molecule has 1 aliphatic rings. The fourth-order valence-corrected chi connectivity index (χ4v) is 5.03. The van der Waals surface area contributed by atoms with Crippen molar-refractivity contribution in [2.45, 2.75) is 18.1 Å². The Kier molecular flexibility index (Phi) is 4.82. The molecule has 0 spiro atoms. The quantitative estimate of drug-likeness (QED) is 0.580. The first-order valence-electron chi connectivity index (χ1n) is 7.26. The van der Waals surface area contributed by atoms with Crippen LogP contribution in [0.1, 0.15) is 22.7 Å². The number of carbonyl (C=O) groups is 1. The molecule has 1 atom stereocenters. The maximum atomic E-state index is 12.0. The van der Waals surface area contributed by atoms with Crippen LogP contribution in [0.25, 0.3) is 0 Å². The van der Waals surface area contributed by atoms with Crippen LogP contribution in [-0.2, 0) is 16.3 Å². The Hall–Kier alpha value is -1.67. The van der Waals surface area contributed by atoms with Crippen LogP contribution < -0.4 is 0 Å². The van der Waals surface area contributed by atoms with E-state index in [1.165, 1.54) is 11.8 Å². The number of aromatic nitrogens is 2. The fraction of sp³-hybridized carbons (Fsp3) is 0.400. The molecule has 8 heteroatoms. The van der Waals surface area contributed by atoms with Gasteiger partial charge in [0.1, 0.15) is 0 Å². The van der Waals surface area contributed by atoms with E-state index in [4.69, 9.17) is 4.42 Å². The fourth-order valence-electron chi connectivity index (χ4n) is 2.49. The molecule has 1 fully saturated rings. The van der Waals surface area contributed by atoms with Crippen molar-refractivity contribution in [1.29, 1.82) is 0 Å². The zero-order valence-corrected chi connectivity index (χ0v) is 14.0. The number of hydrogen-bond acceptors (Lipinski definition) is 7. The predicted molar refractivity (Wildman–Crippen MR) is 86.3 cm³/mol. The summed E-state index contributed by atoms with van der Waals surface area (Å²) < 4.78 is 28.4. The van der Waals surface area contributed by atoms with Gasteiger partial charge in [0, 0.05) is 12.0 Å². The van der Waals surface area contributed by atoms with Gasteiger partial charge >= 0.3 is 0 Å². The second kappa shape index (κ2) is 6.84. The number of sulfone groups is 1. The van der Waals surface area contributed by atoms with Gasteiger partial charge in [0.2, 0.25) is 5.89 Å². The van der Waals surface area contributed by atoms with Gasteiger partial charge in [-0.3, -0.25) is 4.79 Å². The summed E-state index contributed by atoms with van der Waals surface area (Å²) >= 11 is 1.19. The van der Waals surface area contributed by atoms with Crippen LogP contribution in [0.5, 0.6) is 0 Å². The summed E-state index contributed by atoms with van der Waals surface area (Å²) in [6.45, 7) is 0. The molecule has 3 rings (SSSR count). The average molecular weight is 352 g/mol. The van der Waals surface area contributed by atoms with Crippen molar-refractivity contribution in [3.63, 3.8) is 0 Å². The summed E-state index contributed by atoms with van der Waals surface area (Å²) in [5.41, 5.74) is 0.649. The Morgan fingerprint density at radius 3 is 2.74 bits per heavy atom. The lowest BCUT2D eigenvalue weighted by molar-refractivity contribution is 0.102. The van der Waals surface area contributed by atoms with E-state index in [0.717, 1.165) is 0 Å². The molecule has 0 N–H and O–H groups in total. The number of nitrogens with zero attached hydrogens (tertiary/aromatic N) is 2. The molecule has 1 saturated heterocycles. The van der Waals surface area contributed by atoms with Gasteiger partial charge in [0.15, 0.2) is 15.6 Å². The standard InChI is InChI=1S/C15H16N2O4S2/c18-13(12-4-2-1-3-5-12)9-22-15-17-16-14(21-15)8-11-6-7-23(19,20)10-11/h1-5,11H,6-10H2/t11-/m0/s1. The minimum absolute atomic E-state index is 0.00256. The highest BCUT2D eigenvalue weighted by molar-refractivity contribution is 7.99. The smallest absolute Gasteiger partial charge is 0.277 e. The predicted octanol–water partition coefficient (Wildman–Crippen LogP) is 2.02. The topological polar surface area (TPSA) is 90.1 Å². The molecule has 1 aromatic heterocycles. The number of benzene rings is 1. The average Bonchev–Trinajstić information content (AvgIpc) is 3.12. The molecular formula is C15H16N2O4S2. The Bertz CT molecular complexity index is 787. The van der Waals surface area contributed by atoms with Crippen molar-refractivity contribution in [3.8, 4) is 0 Å². The SMILES string of the molecule is O=C(CSc1nnc(C[C@@H]2CCS(=O)(=O)C2)o1)c1ccccc1. The highest BCUT2D eigenvalue weighted by Gasteiger charge is 2.29. The highest BCUT2D eigenvalue weighted by Crippen LogP contribution is 2.24. The Labute approximate surface area is 138 Å². The maximum absolute atomic E-state index is 12.0. The molecule has 0 radical (unpaired) electrons. The van der Waals surface area contributed by atoms with Crippen LogP contribution in [0.4, 0.5) is 0 Å². The van der Waals surface area contributed by atoms with Gasteiger partial charge in [0.05, 0.1) is 17.3 Å². The molecule has 0 unspecified atom stereocenters. The second-order valence-electron chi connectivity index (χ2n) is 5.51. The number of carbonyl (C=O) groups excluding carboxylic acids is 1. The number of thioether (sulfide) groups is 1. The van der Waals surface area contributed by atoms with Crippen LogP contribution in [0.2, 0.25) is 0 Å². The number of hydrogen-bond donors (Lipinski definition) is 0. The van der Waals surface area contributed by atoms with Crippen LogP contribution in [-0.4, -0.2) is 41.7 Å². The van der Waals surface area contributed by atoms with Crippen molar-refractivity contribution in [1.82, 2.24) is 10.2 Å². The van der Waals surface area contributed by atoms with E-state index in [1.807, 2.05) is 18.2 Å². The third-order valence-corrected chi connectivity index (χ3v) is 6.32. The molecule has 0 aliphatic carbocycles. The molecule has 0 amide bonds. The van der Waals surface area contributed by atoms with Crippen molar-refractivity contribution >= 4 is 27.4 Å². The first-order chi connectivity index (χ1) is 11.0. The second-order valence-corrected chi connectivity index (χ2v) is 8.67. The first-order valence-corrected chi connectivity index (χ1v) is 10.1. The normalized spacial score (nSPS) is 19.7. The molecule has 1 aromatic carbocycles. The number of Topliss-reactive ketones (excluding diaryl/α,β-unsaturated/α-hetero) is 1. The third kappa shape index (κ3) is 4.42. The summed E-state index contributed by atoms with van der Waals surface area (Å²) in [6, 6.07) is 9.03. The van der Waals surface area contributed by atoms with Gasteiger partial charge in [-0.2, -0.15) is 0 Å². The minimum Gasteiger partial charge on any atom is -0.416 e. The Morgan fingerprint density at radius 1 is 1.26 bits per heavy atom. The van der Waals surface area contributed by atoms with E-state index in [-0.39, 0.29) is 29.0 Å².